The lowest BCUT2D eigenvalue weighted by Crippen LogP contribution is -2.48. The van der Waals surface area contributed by atoms with Crippen LogP contribution in [-0.4, -0.2) is 47.5 Å². The Morgan fingerprint density at radius 3 is 2.50 bits per heavy atom. The minimum absolute atomic E-state index is 0.337. The number of halogens is 3. The van der Waals surface area contributed by atoms with Gasteiger partial charge in [-0.1, -0.05) is 6.92 Å². The van der Waals surface area contributed by atoms with Crippen molar-refractivity contribution in [1.82, 2.24) is 9.80 Å². The summed E-state index contributed by atoms with van der Waals surface area (Å²) in [4.78, 5) is 27.4. The molecule has 0 bridgehead atoms. The topological polar surface area (TPSA) is 49.9 Å². The number of ether oxygens (including phenoxy) is 1. The average Bonchev–Trinajstić information content (AvgIpc) is 2.94. The average molecular weight is 344 g/mol. The minimum atomic E-state index is -4.53. The van der Waals surface area contributed by atoms with Gasteiger partial charge in [0.1, 0.15) is 5.76 Å². The molecular formula is C16H19F3N2O3. The molecule has 0 saturated carbocycles. The van der Waals surface area contributed by atoms with Gasteiger partial charge >= 0.3 is 6.18 Å². The Kier molecular flexibility index (Phi) is 4.31. The summed E-state index contributed by atoms with van der Waals surface area (Å²) in [5.74, 6) is -2.86. The second-order valence-corrected chi connectivity index (χ2v) is 6.24. The van der Waals surface area contributed by atoms with Gasteiger partial charge in [-0.2, -0.15) is 13.2 Å². The number of carbonyl (C=O) groups excluding carboxylic acids is 2. The molecule has 3 aliphatic rings. The Balaban J connectivity index is 1.84. The molecule has 5 nitrogen and oxygen atoms in total. The highest BCUT2D eigenvalue weighted by Crippen LogP contribution is 2.38. The maximum atomic E-state index is 12.8. The van der Waals surface area contributed by atoms with E-state index in [9.17, 15) is 22.8 Å². The predicted octanol–water partition coefficient (Wildman–Crippen LogP) is 2.56. The first-order valence-corrected chi connectivity index (χ1v) is 8.05. The molecule has 0 aromatic rings. The van der Waals surface area contributed by atoms with Crippen LogP contribution in [0.3, 0.4) is 0 Å². The molecule has 0 aromatic carbocycles. The fraction of sp³-hybridized carbons (Fsp3) is 0.625. The monoisotopic (exact) mass is 344 g/mol. The number of imide groups is 1. The molecule has 3 rings (SSSR count). The number of carbonyl (C=O) groups is 2. The van der Waals surface area contributed by atoms with Crippen molar-refractivity contribution in [1.29, 1.82) is 0 Å². The Morgan fingerprint density at radius 2 is 1.92 bits per heavy atom. The highest BCUT2D eigenvalue weighted by atomic mass is 19.4. The lowest BCUT2D eigenvalue weighted by atomic mass is 9.94. The summed E-state index contributed by atoms with van der Waals surface area (Å²) < 4.78 is 44.0. The quantitative estimate of drug-likeness (QED) is 0.739. The van der Waals surface area contributed by atoms with E-state index in [4.69, 9.17) is 4.74 Å². The Bertz CT molecular complexity index is 607. The third kappa shape index (κ3) is 3.01. The van der Waals surface area contributed by atoms with Crippen LogP contribution < -0.4 is 0 Å². The molecule has 0 spiro atoms. The van der Waals surface area contributed by atoms with Crippen LogP contribution in [0.2, 0.25) is 0 Å². The fourth-order valence-corrected chi connectivity index (χ4v) is 3.38. The standard InChI is InChI=1S/C16H19F3N2O3/c1-2-4-20-9-11(8-13-12(20)3-5-24-13)21-14(22)6-10(7-15(21)23)16(17,18)19/h8,10H,2-7,9H2,1H3. The van der Waals surface area contributed by atoms with E-state index in [1.807, 2.05) is 11.8 Å². The molecule has 0 aromatic heterocycles. The van der Waals surface area contributed by atoms with Gasteiger partial charge in [0, 0.05) is 31.9 Å². The molecule has 3 heterocycles. The third-order valence-corrected chi connectivity index (χ3v) is 4.50. The molecule has 24 heavy (non-hydrogen) atoms. The Morgan fingerprint density at radius 1 is 1.25 bits per heavy atom. The van der Waals surface area contributed by atoms with Gasteiger partial charge in [-0.25, -0.2) is 0 Å². The van der Waals surface area contributed by atoms with Gasteiger partial charge in [0.25, 0.3) is 0 Å². The highest BCUT2D eigenvalue weighted by Gasteiger charge is 2.48. The first-order valence-electron chi connectivity index (χ1n) is 8.05. The number of nitrogens with zero attached hydrogens (tertiary/aromatic N) is 2. The molecule has 0 unspecified atom stereocenters. The largest absolute Gasteiger partial charge is 0.491 e. The van der Waals surface area contributed by atoms with Crippen molar-refractivity contribution in [3.63, 3.8) is 0 Å². The molecular weight excluding hydrogens is 325 g/mol. The third-order valence-electron chi connectivity index (χ3n) is 4.50. The van der Waals surface area contributed by atoms with Gasteiger partial charge in [-0.3, -0.25) is 14.5 Å². The smallest absolute Gasteiger partial charge is 0.392 e. The van der Waals surface area contributed by atoms with Crippen LogP contribution in [0, 0.1) is 5.92 Å². The van der Waals surface area contributed by atoms with E-state index < -0.39 is 36.8 Å². The number of rotatable bonds is 3. The van der Waals surface area contributed by atoms with Crippen LogP contribution in [0.5, 0.6) is 0 Å². The maximum Gasteiger partial charge on any atom is 0.392 e. The number of allylic oxidation sites excluding steroid dienone is 1. The van der Waals surface area contributed by atoms with Gasteiger partial charge in [0.2, 0.25) is 11.8 Å². The second-order valence-electron chi connectivity index (χ2n) is 6.24. The molecule has 1 saturated heterocycles. The Hall–Kier alpha value is -1.99. The molecule has 0 atom stereocenters. The molecule has 0 aliphatic carbocycles. The summed E-state index contributed by atoms with van der Waals surface area (Å²) in [5, 5.41) is 0. The summed E-state index contributed by atoms with van der Waals surface area (Å²) in [7, 11) is 0. The number of amides is 2. The number of piperidine rings is 1. The van der Waals surface area contributed by atoms with Gasteiger partial charge in [-0.05, 0) is 6.42 Å². The normalized spacial score (nSPS) is 22.8. The van der Waals surface area contributed by atoms with Crippen molar-refractivity contribution < 1.29 is 27.5 Å². The van der Waals surface area contributed by atoms with Gasteiger partial charge < -0.3 is 9.64 Å². The van der Waals surface area contributed by atoms with Crippen molar-refractivity contribution in [2.75, 3.05) is 19.7 Å². The van der Waals surface area contributed by atoms with Crippen LogP contribution in [-0.2, 0) is 14.3 Å². The van der Waals surface area contributed by atoms with Crippen molar-refractivity contribution in [3.05, 3.63) is 23.2 Å². The lowest BCUT2D eigenvalue weighted by molar-refractivity contribution is -0.192. The summed E-state index contributed by atoms with van der Waals surface area (Å²) in [6.45, 7) is 3.62. The van der Waals surface area contributed by atoms with Crippen LogP contribution in [0.15, 0.2) is 23.2 Å². The molecule has 132 valence electrons. The molecule has 0 N–H and O–H groups in total. The summed E-state index contributed by atoms with van der Waals surface area (Å²) in [6, 6.07) is 0. The zero-order valence-corrected chi connectivity index (χ0v) is 13.4. The highest BCUT2D eigenvalue weighted by molar-refractivity contribution is 6.00. The van der Waals surface area contributed by atoms with Crippen LogP contribution in [0.25, 0.3) is 0 Å². The van der Waals surface area contributed by atoms with Crippen molar-refractivity contribution in [3.8, 4) is 0 Å². The molecule has 1 fully saturated rings. The SMILES string of the molecule is CCCN1CC(N2C(=O)CC(C(F)(F)F)CC2=O)=CC2=C1CCO2. The summed E-state index contributed by atoms with van der Waals surface area (Å²) in [5.41, 5.74) is 1.44. The van der Waals surface area contributed by atoms with Crippen LogP contribution in [0.1, 0.15) is 32.6 Å². The molecule has 2 amide bonds. The van der Waals surface area contributed by atoms with Crippen molar-refractivity contribution in [2.24, 2.45) is 5.92 Å². The van der Waals surface area contributed by atoms with Crippen LogP contribution >= 0.6 is 0 Å². The van der Waals surface area contributed by atoms with E-state index >= 15 is 0 Å². The van der Waals surface area contributed by atoms with E-state index in [-0.39, 0.29) is 0 Å². The maximum absolute atomic E-state index is 12.8. The number of alkyl halides is 3. The second kappa shape index (κ2) is 6.14. The van der Waals surface area contributed by atoms with E-state index in [0.29, 0.717) is 24.6 Å². The van der Waals surface area contributed by atoms with E-state index in [0.717, 1.165) is 30.0 Å². The van der Waals surface area contributed by atoms with E-state index in [1.165, 1.54) is 0 Å². The molecule has 8 heteroatoms. The predicted molar refractivity (Wildman–Crippen MR) is 78.2 cm³/mol. The number of hydrogen-bond acceptors (Lipinski definition) is 4. The summed E-state index contributed by atoms with van der Waals surface area (Å²) >= 11 is 0. The number of likely N-dealkylation sites (tertiary alicyclic amines) is 1. The van der Waals surface area contributed by atoms with E-state index in [2.05, 4.69) is 0 Å². The minimum Gasteiger partial charge on any atom is -0.491 e. The Labute approximate surface area is 137 Å². The van der Waals surface area contributed by atoms with E-state index in [1.54, 1.807) is 6.08 Å². The molecule has 0 radical (unpaired) electrons. The fourth-order valence-electron chi connectivity index (χ4n) is 3.38. The number of hydrogen-bond donors (Lipinski definition) is 0. The lowest BCUT2D eigenvalue weighted by Gasteiger charge is -2.37. The summed E-state index contributed by atoms with van der Waals surface area (Å²) in [6.07, 6.45) is -2.64. The zero-order valence-electron chi connectivity index (χ0n) is 13.4. The van der Waals surface area contributed by atoms with Crippen molar-refractivity contribution >= 4 is 11.8 Å². The first kappa shape index (κ1) is 16.9. The van der Waals surface area contributed by atoms with Gasteiger partial charge in [0.05, 0.1) is 30.5 Å². The van der Waals surface area contributed by atoms with Crippen molar-refractivity contribution in [2.45, 2.75) is 38.8 Å². The first-order chi connectivity index (χ1) is 11.3. The molecule has 3 aliphatic heterocycles. The van der Waals surface area contributed by atoms with Crippen LogP contribution in [0.4, 0.5) is 13.2 Å². The van der Waals surface area contributed by atoms with Gasteiger partial charge in [-0.15, -0.1) is 0 Å². The van der Waals surface area contributed by atoms with Gasteiger partial charge in [0.15, 0.2) is 0 Å². The zero-order chi connectivity index (χ0) is 17.5.